The number of nitrogens with zero attached hydrogens (tertiary/aromatic N) is 1. The topological polar surface area (TPSA) is 172 Å². The lowest BCUT2D eigenvalue weighted by molar-refractivity contribution is -0.192. The van der Waals surface area contributed by atoms with Crippen molar-refractivity contribution in [3.63, 3.8) is 0 Å². The Morgan fingerprint density at radius 3 is 2.09 bits per heavy atom. The lowest BCUT2D eigenvalue weighted by atomic mass is 9.80. The van der Waals surface area contributed by atoms with Crippen molar-refractivity contribution >= 4 is 42.0 Å². The van der Waals surface area contributed by atoms with Gasteiger partial charge in [0.05, 0.1) is 12.0 Å². The molecule has 3 heterocycles. The fraction of sp³-hybridized carbons (Fsp3) is 0.263. The maximum absolute atomic E-state index is 12.4. The number of carboxylic acid groups (broad SMARTS) is 1. The zero-order valence-corrected chi connectivity index (χ0v) is 18.8. The standard InChI is InChI=1S/C17H19BN4O4S.C2HF3O2/c1-17(2,3)14-10(19-8-20-14)6-11-15(23)22-12(16(24)21-11)7-13-9(18(25)26)4-5-27-13;3-2(4,5)1(6)7/h4-8,25-26H,1-3H3,(H,19,20)(H,21,24)(H,22,23);(H,6,7)/b11-6-,12-7-;. The minimum absolute atomic E-state index is 0.0274. The summed E-state index contributed by atoms with van der Waals surface area (Å²) >= 11 is 1.23. The molecule has 0 aliphatic rings. The van der Waals surface area contributed by atoms with Crippen LogP contribution in [0.3, 0.4) is 0 Å². The molecule has 0 saturated heterocycles. The number of aromatic nitrogens is 4. The van der Waals surface area contributed by atoms with Crippen LogP contribution in [0.4, 0.5) is 13.2 Å². The SMILES string of the molecule is CC(C)(C)c1[nH]cnc1/C=c1\[nH]c(=O)/c(=C/c2sccc2B(O)O)[nH]c1=O.O=C(O)C(F)(F)F. The zero-order chi connectivity index (χ0) is 25.8. The van der Waals surface area contributed by atoms with Crippen LogP contribution in [0.2, 0.25) is 0 Å². The molecular formula is C19H20BF3N4O6S. The van der Waals surface area contributed by atoms with E-state index in [4.69, 9.17) is 9.90 Å². The summed E-state index contributed by atoms with van der Waals surface area (Å²) in [5.74, 6) is -2.76. The van der Waals surface area contributed by atoms with Crippen LogP contribution in [0.15, 0.2) is 27.4 Å². The Kier molecular flexibility index (Phi) is 8.07. The highest BCUT2D eigenvalue weighted by atomic mass is 32.1. The third kappa shape index (κ3) is 6.79. The van der Waals surface area contributed by atoms with Gasteiger partial charge in [0.15, 0.2) is 0 Å². The van der Waals surface area contributed by atoms with Crippen molar-refractivity contribution in [2.45, 2.75) is 32.4 Å². The normalized spacial score (nSPS) is 12.9. The third-order valence-corrected chi connectivity index (χ3v) is 5.09. The van der Waals surface area contributed by atoms with Gasteiger partial charge in [-0.15, -0.1) is 11.3 Å². The molecule has 182 valence electrons. The van der Waals surface area contributed by atoms with Crippen molar-refractivity contribution in [3.8, 4) is 0 Å². The number of carbonyl (C=O) groups is 1. The first kappa shape index (κ1) is 26.8. The van der Waals surface area contributed by atoms with Gasteiger partial charge in [0.2, 0.25) is 0 Å². The highest BCUT2D eigenvalue weighted by molar-refractivity contribution is 7.12. The van der Waals surface area contributed by atoms with Crippen molar-refractivity contribution in [2.75, 3.05) is 0 Å². The van der Waals surface area contributed by atoms with E-state index in [9.17, 15) is 32.8 Å². The Morgan fingerprint density at radius 2 is 1.62 bits per heavy atom. The Morgan fingerprint density at radius 1 is 1.09 bits per heavy atom. The molecule has 34 heavy (non-hydrogen) atoms. The van der Waals surface area contributed by atoms with Gasteiger partial charge in [-0.3, -0.25) is 9.59 Å². The van der Waals surface area contributed by atoms with Crippen LogP contribution in [0.1, 0.15) is 37.0 Å². The number of aromatic amines is 3. The number of imidazole rings is 1. The Bertz CT molecular complexity index is 1400. The summed E-state index contributed by atoms with van der Waals surface area (Å²) in [6.45, 7) is 6.03. The smallest absolute Gasteiger partial charge is 0.475 e. The second-order valence-corrected chi connectivity index (χ2v) is 8.80. The zero-order valence-electron chi connectivity index (χ0n) is 18.0. The molecule has 0 amide bonds. The van der Waals surface area contributed by atoms with Gasteiger partial charge in [0.1, 0.15) is 10.7 Å². The summed E-state index contributed by atoms with van der Waals surface area (Å²) in [5.41, 5.74) is 0.501. The first-order chi connectivity index (χ1) is 15.6. The minimum Gasteiger partial charge on any atom is -0.475 e. The van der Waals surface area contributed by atoms with E-state index >= 15 is 0 Å². The third-order valence-electron chi connectivity index (χ3n) is 4.21. The minimum atomic E-state index is -5.08. The Hall–Kier alpha value is -3.43. The van der Waals surface area contributed by atoms with E-state index in [-0.39, 0.29) is 21.6 Å². The summed E-state index contributed by atoms with van der Waals surface area (Å²) in [5, 5.41) is 27.6. The van der Waals surface area contributed by atoms with Gasteiger partial charge in [-0.05, 0) is 17.5 Å². The van der Waals surface area contributed by atoms with Crippen LogP contribution < -0.4 is 27.3 Å². The molecule has 6 N–H and O–H groups in total. The number of rotatable bonds is 3. The maximum Gasteiger partial charge on any atom is 0.490 e. The molecule has 0 unspecified atom stereocenters. The van der Waals surface area contributed by atoms with E-state index in [1.165, 1.54) is 23.5 Å². The Labute approximate surface area is 193 Å². The number of hydrogen-bond acceptors (Lipinski definition) is 7. The number of nitrogens with one attached hydrogen (secondary N) is 3. The van der Waals surface area contributed by atoms with Gasteiger partial charge in [-0.1, -0.05) is 26.8 Å². The van der Waals surface area contributed by atoms with Crippen LogP contribution in [-0.2, 0) is 10.2 Å². The number of thiophene rings is 1. The highest BCUT2D eigenvalue weighted by Gasteiger charge is 2.38. The Balaban J connectivity index is 0.000000509. The molecular weight excluding hydrogens is 480 g/mol. The number of alkyl halides is 3. The van der Waals surface area contributed by atoms with Gasteiger partial charge >= 0.3 is 19.3 Å². The van der Waals surface area contributed by atoms with E-state index in [0.29, 0.717) is 10.6 Å². The molecule has 0 atom stereocenters. The second-order valence-electron chi connectivity index (χ2n) is 7.85. The molecule has 0 spiro atoms. The van der Waals surface area contributed by atoms with Crippen molar-refractivity contribution in [2.24, 2.45) is 0 Å². The van der Waals surface area contributed by atoms with E-state index in [2.05, 4.69) is 19.9 Å². The average Bonchev–Trinajstić information content (AvgIpc) is 3.34. The van der Waals surface area contributed by atoms with Crippen molar-refractivity contribution in [3.05, 3.63) is 65.4 Å². The van der Waals surface area contributed by atoms with Crippen LogP contribution >= 0.6 is 11.3 Å². The predicted molar refractivity (Wildman–Crippen MR) is 119 cm³/mol. The number of H-pyrrole nitrogens is 3. The predicted octanol–water partition coefficient (Wildman–Crippen LogP) is -0.884. The second kappa shape index (κ2) is 10.2. The lowest BCUT2D eigenvalue weighted by Crippen LogP contribution is -2.47. The van der Waals surface area contributed by atoms with E-state index in [0.717, 1.165) is 5.69 Å². The van der Waals surface area contributed by atoms with E-state index in [1.54, 1.807) is 17.8 Å². The van der Waals surface area contributed by atoms with Crippen LogP contribution in [0.25, 0.3) is 12.2 Å². The number of carboxylic acids is 1. The molecule has 3 aromatic heterocycles. The molecule has 0 fully saturated rings. The number of aliphatic carboxylic acids is 1. The summed E-state index contributed by atoms with van der Waals surface area (Å²) < 4.78 is 31.7. The largest absolute Gasteiger partial charge is 0.490 e. The molecule has 0 radical (unpaired) electrons. The molecule has 0 aromatic carbocycles. The fourth-order valence-electron chi connectivity index (χ4n) is 2.64. The van der Waals surface area contributed by atoms with Crippen LogP contribution in [-0.4, -0.2) is 54.4 Å². The van der Waals surface area contributed by atoms with Crippen molar-refractivity contribution in [1.29, 1.82) is 0 Å². The van der Waals surface area contributed by atoms with Gasteiger partial charge in [-0.2, -0.15) is 13.2 Å². The molecule has 3 aromatic rings. The van der Waals surface area contributed by atoms with Crippen LogP contribution in [0.5, 0.6) is 0 Å². The molecule has 15 heteroatoms. The molecule has 10 nitrogen and oxygen atoms in total. The van der Waals surface area contributed by atoms with Gasteiger partial charge in [-0.25, -0.2) is 9.78 Å². The summed E-state index contributed by atoms with van der Waals surface area (Å²) in [6.07, 6.45) is -0.604. The molecule has 0 aliphatic heterocycles. The quantitative estimate of drug-likeness (QED) is 0.253. The maximum atomic E-state index is 12.4. The monoisotopic (exact) mass is 500 g/mol. The summed E-state index contributed by atoms with van der Waals surface area (Å²) in [4.78, 5) is 46.5. The van der Waals surface area contributed by atoms with Crippen LogP contribution in [0, 0.1) is 0 Å². The van der Waals surface area contributed by atoms with Crippen molar-refractivity contribution < 1.29 is 33.1 Å². The summed E-state index contributed by atoms with van der Waals surface area (Å²) in [7, 11) is -1.66. The fourth-order valence-corrected chi connectivity index (χ4v) is 3.50. The molecule has 0 aliphatic carbocycles. The van der Waals surface area contributed by atoms with Gasteiger partial charge in [0.25, 0.3) is 11.1 Å². The molecule has 3 rings (SSSR count). The van der Waals surface area contributed by atoms with Crippen molar-refractivity contribution in [1.82, 2.24) is 19.9 Å². The number of hydrogen-bond donors (Lipinski definition) is 6. The molecule has 0 bridgehead atoms. The lowest BCUT2D eigenvalue weighted by Gasteiger charge is -2.16. The van der Waals surface area contributed by atoms with Gasteiger partial charge < -0.3 is 30.1 Å². The average molecular weight is 500 g/mol. The number of halogens is 3. The van der Waals surface area contributed by atoms with E-state index < -0.39 is 30.4 Å². The van der Waals surface area contributed by atoms with Gasteiger partial charge in [0, 0.05) is 21.4 Å². The summed E-state index contributed by atoms with van der Waals surface area (Å²) in [6, 6.07) is 1.54. The molecule has 0 saturated carbocycles. The van der Waals surface area contributed by atoms with E-state index in [1.807, 2.05) is 20.8 Å². The first-order valence-corrected chi connectivity index (χ1v) is 10.3. The highest BCUT2D eigenvalue weighted by Crippen LogP contribution is 2.22. The first-order valence-electron chi connectivity index (χ1n) is 9.45.